The van der Waals surface area contributed by atoms with Gasteiger partial charge in [0.1, 0.15) is 5.75 Å². The van der Waals surface area contributed by atoms with Gasteiger partial charge in [-0.2, -0.15) is 0 Å². The lowest BCUT2D eigenvalue weighted by molar-refractivity contribution is 0.101. The average molecular weight is 332 g/mol. The van der Waals surface area contributed by atoms with Crippen LogP contribution in [0.5, 0.6) is 5.75 Å². The number of rotatable bonds is 4. The second-order valence-corrected chi connectivity index (χ2v) is 5.34. The Labute approximate surface area is 144 Å². The van der Waals surface area contributed by atoms with Crippen molar-refractivity contribution in [2.24, 2.45) is 0 Å². The Balaban J connectivity index is 1.81. The van der Waals surface area contributed by atoms with E-state index in [-0.39, 0.29) is 17.2 Å². The van der Waals surface area contributed by atoms with E-state index in [2.05, 4.69) is 10.6 Å². The first-order valence-corrected chi connectivity index (χ1v) is 7.70. The quantitative estimate of drug-likeness (QED) is 0.678. The number of benzene rings is 3. The first kappa shape index (κ1) is 16.3. The van der Waals surface area contributed by atoms with Gasteiger partial charge in [0.05, 0.1) is 16.9 Å². The monoisotopic (exact) mass is 332 g/mol. The van der Waals surface area contributed by atoms with Crippen LogP contribution in [0.2, 0.25) is 0 Å². The number of phenols is 1. The molecule has 0 aliphatic heterocycles. The summed E-state index contributed by atoms with van der Waals surface area (Å²) >= 11 is 0. The summed E-state index contributed by atoms with van der Waals surface area (Å²) in [6.07, 6.45) is 0. The molecule has 3 aromatic carbocycles. The molecule has 5 heteroatoms. The molecule has 0 radical (unpaired) electrons. The Morgan fingerprint density at radius 2 is 1.16 bits per heavy atom. The number of para-hydroxylation sites is 3. The summed E-state index contributed by atoms with van der Waals surface area (Å²) in [6.45, 7) is 0. The number of aromatic hydroxyl groups is 1. The minimum atomic E-state index is -0.459. The maximum absolute atomic E-state index is 12.4. The van der Waals surface area contributed by atoms with Crippen molar-refractivity contribution >= 4 is 23.2 Å². The zero-order valence-electron chi connectivity index (χ0n) is 13.3. The van der Waals surface area contributed by atoms with Crippen LogP contribution in [0.25, 0.3) is 0 Å². The van der Waals surface area contributed by atoms with Crippen LogP contribution in [0.1, 0.15) is 20.7 Å². The third kappa shape index (κ3) is 3.84. The van der Waals surface area contributed by atoms with E-state index in [9.17, 15) is 14.7 Å². The van der Waals surface area contributed by atoms with E-state index in [4.69, 9.17) is 0 Å². The van der Waals surface area contributed by atoms with Gasteiger partial charge in [0.25, 0.3) is 11.8 Å². The molecule has 0 unspecified atom stereocenters. The Bertz CT molecular complexity index is 908. The number of hydrogen-bond donors (Lipinski definition) is 3. The number of carbonyl (C=O) groups is 2. The van der Waals surface area contributed by atoms with Crippen molar-refractivity contribution < 1.29 is 14.7 Å². The van der Waals surface area contributed by atoms with Gasteiger partial charge in [0.2, 0.25) is 0 Å². The van der Waals surface area contributed by atoms with E-state index in [1.54, 1.807) is 60.7 Å². The highest BCUT2D eigenvalue weighted by Gasteiger charge is 2.14. The first-order chi connectivity index (χ1) is 12.1. The molecule has 0 atom stereocenters. The lowest BCUT2D eigenvalue weighted by Gasteiger charge is -2.13. The second kappa shape index (κ2) is 7.31. The van der Waals surface area contributed by atoms with Crippen LogP contribution in [-0.4, -0.2) is 16.9 Å². The van der Waals surface area contributed by atoms with Crippen LogP contribution in [0.3, 0.4) is 0 Å². The maximum atomic E-state index is 12.4. The molecule has 0 aliphatic rings. The Morgan fingerprint density at radius 3 is 1.80 bits per heavy atom. The summed E-state index contributed by atoms with van der Waals surface area (Å²) in [4.78, 5) is 24.7. The fourth-order valence-electron chi connectivity index (χ4n) is 2.34. The molecule has 0 saturated carbocycles. The van der Waals surface area contributed by atoms with Crippen molar-refractivity contribution in [1.29, 1.82) is 0 Å². The second-order valence-electron chi connectivity index (χ2n) is 5.34. The number of anilines is 2. The van der Waals surface area contributed by atoms with E-state index in [0.717, 1.165) is 0 Å². The van der Waals surface area contributed by atoms with Gasteiger partial charge in [0.15, 0.2) is 0 Å². The standard InChI is InChI=1S/C20H16N2O3/c23-18-13-7-4-10-15(18)20(25)22-17-12-6-5-11-16(17)21-19(24)14-8-2-1-3-9-14/h1-13,23H,(H,21,24)(H,22,25). The van der Waals surface area contributed by atoms with Gasteiger partial charge in [-0.1, -0.05) is 42.5 Å². The topological polar surface area (TPSA) is 78.4 Å². The average Bonchev–Trinajstić information content (AvgIpc) is 2.64. The van der Waals surface area contributed by atoms with E-state index in [1.807, 2.05) is 6.07 Å². The summed E-state index contributed by atoms with van der Waals surface area (Å²) < 4.78 is 0. The van der Waals surface area contributed by atoms with Gasteiger partial charge < -0.3 is 15.7 Å². The zero-order chi connectivity index (χ0) is 17.6. The molecule has 0 fully saturated rings. The molecule has 0 aliphatic carbocycles. The SMILES string of the molecule is O=C(Nc1ccccc1NC(=O)c1ccccc1O)c1ccccc1. The molecule has 0 saturated heterocycles. The summed E-state index contributed by atoms with van der Waals surface area (Å²) in [6, 6.07) is 22.0. The summed E-state index contributed by atoms with van der Waals surface area (Å²) in [5, 5.41) is 15.3. The summed E-state index contributed by atoms with van der Waals surface area (Å²) in [7, 11) is 0. The number of nitrogens with one attached hydrogen (secondary N) is 2. The van der Waals surface area contributed by atoms with E-state index in [0.29, 0.717) is 16.9 Å². The predicted molar refractivity (Wildman–Crippen MR) is 96.9 cm³/mol. The van der Waals surface area contributed by atoms with Gasteiger partial charge in [-0.05, 0) is 36.4 Å². The van der Waals surface area contributed by atoms with Crippen LogP contribution < -0.4 is 10.6 Å². The minimum absolute atomic E-state index is 0.106. The molecule has 0 heterocycles. The lowest BCUT2D eigenvalue weighted by atomic mass is 10.1. The van der Waals surface area contributed by atoms with Crippen LogP contribution in [0, 0.1) is 0 Å². The van der Waals surface area contributed by atoms with Crippen LogP contribution in [0.15, 0.2) is 78.9 Å². The zero-order valence-corrected chi connectivity index (χ0v) is 13.3. The number of amides is 2. The fraction of sp³-hybridized carbons (Fsp3) is 0. The Hall–Kier alpha value is -3.60. The first-order valence-electron chi connectivity index (χ1n) is 7.70. The molecule has 2 amide bonds. The van der Waals surface area contributed by atoms with Crippen molar-refractivity contribution in [2.75, 3.05) is 10.6 Å². The largest absolute Gasteiger partial charge is 0.507 e. The summed E-state index contributed by atoms with van der Waals surface area (Å²) in [5.41, 5.74) is 1.59. The molecule has 0 spiro atoms. The van der Waals surface area contributed by atoms with Gasteiger partial charge in [-0.25, -0.2) is 0 Å². The third-order valence-corrected chi connectivity index (χ3v) is 3.61. The third-order valence-electron chi connectivity index (χ3n) is 3.61. The van der Waals surface area contributed by atoms with Crippen molar-refractivity contribution in [3.63, 3.8) is 0 Å². The number of phenolic OH excluding ortho intramolecular Hbond substituents is 1. The van der Waals surface area contributed by atoms with Crippen molar-refractivity contribution in [3.05, 3.63) is 90.0 Å². The smallest absolute Gasteiger partial charge is 0.259 e. The van der Waals surface area contributed by atoms with Crippen molar-refractivity contribution in [2.45, 2.75) is 0 Å². The van der Waals surface area contributed by atoms with E-state index in [1.165, 1.54) is 12.1 Å². The van der Waals surface area contributed by atoms with Gasteiger partial charge in [-0.15, -0.1) is 0 Å². The molecule has 3 N–H and O–H groups in total. The van der Waals surface area contributed by atoms with Gasteiger partial charge in [0, 0.05) is 5.56 Å². The highest BCUT2D eigenvalue weighted by Crippen LogP contribution is 2.24. The highest BCUT2D eigenvalue weighted by molar-refractivity contribution is 6.10. The minimum Gasteiger partial charge on any atom is -0.507 e. The van der Waals surface area contributed by atoms with Crippen molar-refractivity contribution in [1.82, 2.24) is 0 Å². The number of carbonyl (C=O) groups excluding carboxylic acids is 2. The Kier molecular flexibility index (Phi) is 4.76. The lowest BCUT2D eigenvalue weighted by Crippen LogP contribution is -2.16. The molecule has 124 valence electrons. The van der Waals surface area contributed by atoms with Gasteiger partial charge in [-0.3, -0.25) is 9.59 Å². The van der Waals surface area contributed by atoms with Crippen LogP contribution >= 0.6 is 0 Å². The molecule has 0 aromatic heterocycles. The Morgan fingerprint density at radius 1 is 0.640 bits per heavy atom. The molecule has 0 bridgehead atoms. The molecular weight excluding hydrogens is 316 g/mol. The number of hydrogen-bond acceptors (Lipinski definition) is 3. The molecule has 5 nitrogen and oxygen atoms in total. The van der Waals surface area contributed by atoms with Gasteiger partial charge >= 0.3 is 0 Å². The maximum Gasteiger partial charge on any atom is 0.259 e. The van der Waals surface area contributed by atoms with E-state index < -0.39 is 5.91 Å². The molecule has 3 aromatic rings. The van der Waals surface area contributed by atoms with E-state index >= 15 is 0 Å². The molecular formula is C20H16N2O3. The highest BCUT2D eigenvalue weighted by atomic mass is 16.3. The van der Waals surface area contributed by atoms with Crippen molar-refractivity contribution in [3.8, 4) is 5.75 Å². The fourth-order valence-corrected chi connectivity index (χ4v) is 2.34. The van der Waals surface area contributed by atoms with Crippen LogP contribution in [-0.2, 0) is 0 Å². The molecule has 25 heavy (non-hydrogen) atoms. The van der Waals surface area contributed by atoms with Crippen LogP contribution in [0.4, 0.5) is 11.4 Å². The molecule has 3 rings (SSSR count). The summed E-state index contributed by atoms with van der Waals surface area (Å²) in [5.74, 6) is -0.838. The predicted octanol–water partition coefficient (Wildman–Crippen LogP) is 3.90. The normalized spacial score (nSPS) is 10.1.